The average Bonchev–Trinajstić information content (AvgIpc) is 2.96. The Bertz CT molecular complexity index is 468. The quantitative estimate of drug-likeness (QED) is 0.787. The third-order valence-corrected chi connectivity index (χ3v) is 5.24. The number of carbonyl (C=O) groups excluding carboxylic acids is 1. The van der Waals surface area contributed by atoms with Crippen LogP contribution < -0.4 is 0 Å². The highest BCUT2D eigenvalue weighted by atomic mass is 16.4. The maximum absolute atomic E-state index is 12.8. The van der Waals surface area contributed by atoms with Crippen molar-refractivity contribution in [1.29, 1.82) is 0 Å². The number of hydrogen-bond acceptors (Lipinski definition) is 2. The van der Waals surface area contributed by atoms with Crippen molar-refractivity contribution in [2.45, 2.75) is 33.1 Å². The Balaban J connectivity index is 1.79. The molecule has 4 unspecified atom stereocenters. The van der Waals surface area contributed by atoms with E-state index in [2.05, 4.69) is 19.9 Å². The fourth-order valence-corrected chi connectivity index (χ4v) is 4.32. The van der Waals surface area contributed by atoms with Gasteiger partial charge in [-0.2, -0.15) is 0 Å². The number of carboxylic acids is 1. The first kappa shape index (κ1) is 13.7. The van der Waals surface area contributed by atoms with Gasteiger partial charge in [-0.25, -0.2) is 0 Å². The summed E-state index contributed by atoms with van der Waals surface area (Å²) in [7, 11) is 0. The number of hydrogen-bond donors (Lipinski definition) is 1. The maximum Gasteiger partial charge on any atom is 0.307 e. The van der Waals surface area contributed by atoms with E-state index in [-0.39, 0.29) is 29.1 Å². The lowest BCUT2D eigenvalue weighted by Gasteiger charge is -2.40. The molecule has 0 aromatic heterocycles. The van der Waals surface area contributed by atoms with Gasteiger partial charge in [-0.05, 0) is 36.5 Å². The van der Waals surface area contributed by atoms with Crippen molar-refractivity contribution < 1.29 is 14.7 Å². The highest BCUT2D eigenvalue weighted by Crippen LogP contribution is 2.49. The smallest absolute Gasteiger partial charge is 0.307 e. The van der Waals surface area contributed by atoms with Gasteiger partial charge in [0, 0.05) is 13.1 Å². The molecule has 0 aromatic carbocycles. The number of amides is 1. The Labute approximate surface area is 119 Å². The fraction of sp³-hybridized carbons (Fsp3) is 0.750. The highest BCUT2D eigenvalue weighted by Gasteiger charge is 2.53. The van der Waals surface area contributed by atoms with Crippen molar-refractivity contribution in [1.82, 2.24) is 4.90 Å². The number of likely N-dealkylation sites (tertiary alicyclic amines) is 1. The summed E-state index contributed by atoms with van der Waals surface area (Å²) < 4.78 is 0. The van der Waals surface area contributed by atoms with Crippen LogP contribution in [0.5, 0.6) is 0 Å². The van der Waals surface area contributed by atoms with Gasteiger partial charge in [0.2, 0.25) is 5.91 Å². The predicted octanol–water partition coefficient (Wildman–Crippen LogP) is 2.16. The molecule has 0 spiro atoms. The second-order valence-electron chi connectivity index (χ2n) is 7.37. The molecule has 1 aliphatic heterocycles. The van der Waals surface area contributed by atoms with Crippen LogP contribution in [0.4, 0.5) is 0 Å². The Morgan fingerprint density at radius 2 is 1.85 bits per heavy atom. The molecule has 1 saturated carbocycles. The van der Waals surface area contributed by atoms with Gasteiger partial charge in [0.25, 0.3) is 0 Å². The zero-order valence-corrected chi connectivity index (χ0v) is 12.2. The van der Waals surface area contributed by atoms with Crippen molar-refractivity contribution in [3.05, 3.63) is 12.2 Å². The molecule has 2 aliphatic carbocycles. The molecule has 4 heteroatoms. The van der Waals surface area contributed by atoms with Crippen molar-refractivity contribution in [3.63, 3.8) is 0 Å². The largest absolute Gasteiger partial charge is 0.481 e. The first-order valence-corrected chi connectivity index (χ1v) is 7.59. The normalized spacial score (nSPS) is 38.2. The number of aliphatic carboxylic acids is 1. The molecule has 0 aromatic rings. The van der Waals surface area contributed by atoms with Gasteiger partial charge in [0.1, 0.15) is 0 Å². The molecule has 110 valence electrons. The van der Waals surface area contributed by atoms with E-state index >= 15 is 0 Å². The topological polar surface area (TPSA) is 57.6 Å². The number of rotatable bonds is 2. The molecular formula is C16H23NO3. The lowest BCUT2D eigenvalue weighted by Crippen LogP contribution is -2.49. The number of carboxylic acid groups (broad SMARTS) is 1. The van der Waals surface area contributed by atoms with Crippen LogP contribution >= 0.6 is 0 Å². The van der Waals surface area contributed by atoms with Gasteiger partial charge in [0.15, 0.2) is 0 Å². The summed E-state index contributed by atoms with van der Waals surface area (Å²) in [6.45, 7) is 5.91. The molecule has 2 fully saturated rings. The highest BCUT2D eigenvalue weighted by molar-refractivity contribution is 5.87. The van der Waals surface area contributed by atoms with Gasteiger partial charge >= 0.3 is 5.97 Å². The molecule has 4 nitrogen and oxygen atoms in total. The van der Waals surface area contributed by atoms with Crippen LogP contribution in [0.25, 0.3) is 0 Å². The van der Waals surface area contributed by atoms with Crippen LogP contribution in [-0.2, 0) is 9.59 Å². The molecule has 3 rings (SSSR count). The maximum atomic E-state index is 12.8. The van der Waals surface area contributed by atoms with E-state index in [1.165, 1.54) is 0 Å². The van der Waals surface area contributed by atoms with Crippen LogP contribution in [0.1, 0.15) is 33.1 Å². The summed E-state index contributed by atoms with van der Waals surface area (Å²) >= 11 is 0. The van der Waals surface area contributed by atoms with Crippen LogP contribution in [0.3, 0.4) is 0 Å². The number of nitrogens with zero attached hydrogens (tertiary/aromatic N) is 1. The van der Waals surface area contributed by atoms with Crippen LogP contribution in [0.15, 0.2) is 12.2 Å². The van der Waals surface area contributed by atoms with E-state index in [0.29, 0.717) is 0 Å². The lowest BCUT2D eigenvalue weighted by molar-refractivity contribution is -0.152. The number of piperidine rings is 1. The van der Waals surface area contributed by atoms with E-state index in [9.17, 15) is 14.7 Å². The third-order valence-electron chi connectivity index (χ3n) is 5.24. The Hall–Kier alpha value is -1.32. The lowest BCUT2D eigenvalue weighted by atomic mass is 9.79. The van der Waals surface area contributed by atoms with Gasteiger partial charge in [-0.1, -0.05) is 26.0 Å². The average molecular weight is 277 g/mol. The number of carbonyl (C=O) groups is 2. The minimum absolute atomic E-state index is 0.0595. The van der Waals surface area contributed by atoms with E-state index < -0.39 is 11.9 Å². The predicted molar refractivity (Wildman–Crippen MR) is 74.9 cm³/mol. The summed E-state index contributed by atoms with van der Waals surface area (Å²) in [5, 5.41) is 9.45. The molecule has 1 amide bonds. The molecule has 1 saturated heterocycles. The SMILES string of the molecule is CC1(C)CCCN(C(=O)C2C3C=CC(C3)C2C(=O)O)C1. The molecule has 3 aliphatic rings. The fourth-order valence-electron chi connectivity index (χ4n) is 4.32. The van der Waals surface area contributed by atoms with E-state index in [1.54, 1.807) is 0 Å². The van der Waals surface area contributed by atoms with Gasteiger partial charge in [-0.3, -0.25) is 9.59 Å². The second kappa shape index (κ2) is 4.61. The summed E-state index contributed by atoms with van der Waals surface area (Å²) in [5.41, 5.74) is 0.153. The molecular weight excluding hydrogens is 254 g/mol. The van der Waals surface area contributed by atoms with Gasteiger partial charge < -0.3 is 10.0 Å². The minimum Gasteiger partial charge on any atom is -0.481 e. The van der Waals surface area contributed by atoms with Crippen molar-refractivity contribution in [3.8, 4) is 0 Å². The van der Waals surface area contributed by atoms with Gasteiger partial charge in [-0.15, -0.1) is 0 Å². The standard InChI is InChI=1S/C16H23NO3/c1-16(2)6-3-7-17(9-16)14(18)12-10-4-5-11(8-10)13(12)15(19)20/h4-5,10-13H,3,6-9H2,1-2H3,(H,19,20). The summed E-state index contributed by atoms with van der Waals surface area (Å²) in [6.07, 6.45) is 7.04. The zero-order chi connectivity index (χ0) is 14.5. The minimum atomic E-state index is -0.809. The van der Waals surface area contributed by atoms with Crippen LogP contribution in [-0.4, -0.2) is 35.0 Å². The van der Waals surface area contributed by atoms with E-state index in [0.717, 1.165) is 32.4 Å². The number of allylic oxidation sites excluding steroid dienone is 2. The first-order valence-electron chi connectivity index (χ1n) is 7.59. The Morgan fingerprint density at radius 1 is 1.20 bits per heavy atom. The first-order chi connectivity index (χ1) is 9.39. The Morgan fingerprint density at radius 3 is 2.45 bits per heavy atom. The summed E-state index contributed by atoms with van der Waals surface area (Å²) in [4.78, 5) is 26.2. The summed E-state index contributed by atoms with van der Waals surface area (Å²) in [5.74, 6) is -1.39. The van der Waals surface area contributed by atoms with Crippen molar-refractivity contribution >= 4 is 11.9 Å². The number of fused-ring (bicyclic) bond motifs is 2. The van der Waals surface area contributed by atoms with Crippen LogP contribution in [0.2, 0.25) is 0 Å². The molecule has 4 atom stereocenters. The molecule has 1 N–H and O–H groups in total. The summed E-state index contributed by atoms with van der Waals surface area (Å²) in [6, 6.07) is 0. The van der Waals surface area contributed by atoms with Crippen molar-refractivity contribution in [2.24, 2.45) is 29.1 Å². The molecule has 20 heavy (non-hydrogen) atoms. The third kappa shape index (κ3) is 2.15. The van der Waals surface area contributed by atoms with E-state index in [4.69, 9.17) is 0 Å². The van der Waals surface area contributed by atoms with Crippen molar-refractivity contribution in [2.75, 3.05) is 13.1 Å². The molecule has 0 radical (unpaired) electrons. The second-order valence-corrected chi connectivity index (χ2v) is 7.37. The van der Waals surface area contributed by atoms with Gasteiger partial charge in [0.05, 0.1) is 11.8 Å². The molecule has 1 heterocycles. The Kier molecular flexibility index (Phi) is 3.14. The van der Waals surface area contributed by atoms with E-state index in [1.807, 2.05) is 11.0 Å². The van der Waals surface area contributed by atoms with Crippen LogP contribution in [0, 0.1) is 29.1 Å². The molecule has 2 bridgehead atoms. The zero-order valence-electron chi connectivity index (χ0n) is 12.2. The monoisotopic (exact) mass is 277 g/mol.